The summed E-state index contributed by atoms with van der Waals surface area (Å²) < 4.78 is 5.38. The fraction of sp³-hybridized carbons (Fsp3) is 0.571. The Kier molecular flexibility index (Phi) is 5.62. The second-order valence-electron chi connectivity index (χ2n) is 7.64. The molecule has 3 fully saturated rings. The summed E-state index contributed by atoms with van der Waals surface area (Å²) in [6.45, 7) is 1.23. The Hall–Kier alpha value is -2.02. The fourth-order valence-corrected chi connectivity index (χ4v) is 6.09. The van der Waals surface area contributed by atoms with E-state index in [2.05, 4.69) is 0 Å². The Bertz CT molecular complexity index is 748. The van der Waals surface area contributed by atoms with Crippen molar-refractivity contribution < 1.29 is 19.1 Å². The first-order valence-electron chi connectivity index (χ1n) is 10.1. The zero-order chi connectivity index (χ0) is 19.6. The van der Waals surface area contributed by atoms with Gasteiger partial charge in [0.2, 0.25) is 5.91 Å². The van der Waals surface area contributed by atoms with Crippen LogP contribution in [-0.4, -0.2) is 59.1 Å². The minimum atomic E-state index is -0.628. The van der Waals surface area contributed by atoms with E-state index in [0.717, 1.165) is 44.3 Å². The summed E-state index contributed by atoms with van der Waals surface area (Å²) in [5.74, 6) is -0.126. The number of likely N-dealkylation sites (tertiary alicyclic amines) is 1. The fourth-order valence-electron chi connectivity index (χ4n) is 4.46. The number of thioether (sulfide) groups is 1. The van der Waals surface area contributed by atoms with Crippen LogP contribution in [0.2, 0.25) is 0 Å². The Labute approximate surface area is 169 Å². The molecule has 3 aliphatic heterocycles. The highest BCUT2D eigenvalue weighted by atomic mass is 32.2. The van der Waals surface area contributed by atoms with E-state index < -0.39 is 16.9 Å². The van der Waals surface area contributed by atoms with Crippen molar-refractivity contribution >= 4 is 29.5 Å². The Balaban J connectivity index is 1.42. The van der Waals surface area contributed by atoms with Gasteiger partial charge in [0.15, 0.2) is 6.61 Å². The molecule has 0 N–H and O–H groups in total. The smallest absolute Gasteiger partial charge is 0.330 e. The number of fused-ring (bicyclic) bond motifs is 1. The summed E-state index contributed by atoms with van der Waals surface area (Å²) in [5, 5.41) is 0. The van der Waals surface area contributed by atoms with Crippen LogP contribution >= 0.6 is 11.8 Å². The van der Waals surface area contributed by atoms with Crippen LogP contribution < -0.4 is 0 Å². The van der Waals surface area contributed by atoms with Crippen molar-refractivity contribution in [2.24, 2.45) is 0 Å². The van der Waals surface area contributed by atoms with E-state index >= 15 is 0 Å². The van der Waals surface area contributed by atoms with E-state index in [4.69, 9.17) is 4.74 Å². The van der Waals surface area contributed by atoms with Crippen LogP contribution in [0, 0.1) is 0 Å². The highest BCUT2D eigenvalue weighted by Gasteiger charge is 2.57. The molecule has 6 nitrogen and oxygen atoms in total. The Morgan fingerprint density at radius 2 is 1.82 bits per heavy atom. The summed E-state index contributed by atoms with van der Waals surface area (Å²) >= 11 is 1.63. The van der Waals surface area contributed by atoms with Crippen molar-refractivity contribution in [2.75, 3.05) is 25.4 Å². The molecule has 0 radical (unpaired) electrons. The second kappa shape index (κ2) is 8.15. The van der Waals surface area contributed by atoms with Gasteiger partial charge in [0, 0.05) is 25.3 Å². The molecule has 0 aromatic heterocycles. The van der Waals surface area contributed by atoms with Crippen LogP contribution in [0.5, 0.6) is 0 Å². The zero-order valence-corrected chi connectivity index (χ0v) is 16.8. The number of carbonyl (C=O) groups is 3. The Morgan fingerprint density at radius 3 is 2.54 bits per heavy atom. The monoisotopic (exact) mass is 402 g/mol. The van der Waals surface area contributed by atoms with Gasteiger partial charge in [-0.2, -0.15) is 0 Å². The first-order chi connectivity index (χ1) is 13.6. The van der Waals surface area contributed by atoms with E-state index in [0.29, 0.717) is 18.6 Å². The molecular weight excluding hydrogens is 376 g/mol. The molecule has 0 unspecified atom stereocenters. The highest BCUT2D eigenvalue weighted by molar-refractivity contribution is 8.00. The third kappa shape index (κ3) is 3.52. The van der Waals surface area contributed by atoms with Gasteiger partial charge in [-0.25, -0.2) is 4.79 Å². The summed E-state index contributed by atoms with van der Waals surface area (Å²) in [5.41, 5.74) is 1.04. The van der Waals surface area contributed by atoms with Gasteiger partial charge < -0.3 is 14.5 Å². The minimum Gasteiger partial charge on any atom is -0.454 e. The normalized spacial score (nSPS) is 27.4. The molecule has 2 atom stereocenters. The van der Waals surface area contributed by atoms with Gasteiger partial charge in [-0.1, -0.05) is 43.2 Å². The van der Waals surface area contributed by atoms with Gasteiger partial charge in [-0.15, -0.1) is 11.8 Å². The first-order valence-corrected chi connectivity index (χ1v) is 11.1. The van der Waals surface area contributed by atoms with Crippen molar-refractivity contribution in [3.05, 3.63) is 35.9 Å². The number of carbonyl (C=O) groups excluding carboxylic acids is 3. The summed E-state index contributed by atoms with van der Waals surface area (Å²) in [6.07, 6.45) is 5.40. The number of rotatable bonds is 4. The lowest BCUT2D eigenvalue weighted by Gasteiger charge is -2.33. The molecule has 4 rings (SSSR count). The molecule has 1 aromatic rings. The topological polar surface area (TPSA) is 66.9 Å². The lowest BCUT2D eigenvalue weighted by molar-refractivity contribution is -0.158. The number of esters is 1. The molecule has 1 aromatic carbocycles. The van der Waals surface area contributed by atoms with Gasteiger partial charge in [0.1, 0.15) is 10.9 Å². The van der Waals surface area contributed by atoms with E-state index in [1.165, 1.54) is 0 Å². The van der Waals surface area contributed by atoms with Crippen molar-refractivity contribution in [3.63, 3.8) is 0 Å². The predicted octanol–water partition coefficient (Wildman–Crippen LogP) is 2.52. The standard InChI is InChI=1S/C21H26N2O4S/c24-18-10-11-21(16-8-4-3-5-9-16)23(18)17(15-28-21)20(26)27-14-19(25)22-12-6-1-2-7-13-22/h3-5,8-9,17H,1-2,6-7,10-15H2/t17-,21+/m0/s1. The van der Waals surface area contributed by atoms with E-state index in [9.17, 15) is 14.4 Å². The molecule has 28 heavy (non-hydrogen) atoms. The number of hydrogen-bond acceptors (Lipinski definition) is 5. The maximum atomic E-state index is 12.8. The third-order valence-electron chi connectivity index (χ3n) is 5.92. The van der Waals surface area contributed by atoms with Crippen molar-refractivity contribution in [2.45, 2.75) is 49.4 Å². The van der Waals surface area contributed by atoms with Gasteiger partial charge >= 0.3 is 5.97 Å². The van der Waals surface area contributed by atoms with Crippen LogP contribution in [0.1, 0.15) is 44.1 Å². The average molecular weight is 403 g/mol. The molecule has 3 aliphatic rings. The lowest BCUT2D eigenvalue weighted by Crippen LogP contribution is -2.47. The van der Waals surface area contributed by atoms with Crippen LogP contribution in [0.15, 0.2) is 30.3 Å². The van der Waals surface area contributed by atoms with E-state index in [1.807, 2.05) is 30.3 Å². The summed E-state index contributed by atoms with van der Waals surface area (Å²) in [6, 6.07) is 9.25. The number of amides is 2. The molecular formula is C21H26N2O4S. The van der Waals surface area contributed by atoms with Gasteiger partial charge in [0.25, 0.3) is 5.91 Å². The maximum Gasteiger partial charge on any atom is 0.330 e. The van der Waals surface area contributed by atoms with Crippen LogP contribution in [0.4, 0.5) is 0 Å². The van der Waals surface area contributed by atoms with Gasteiger partial charge in [-0.3, -0.25) is 9.59 Å². The number of hydrogen-bond donors (Lipinski definition) is 0. The largest absolute Gasteiger partial charge is 0.454 e. The van der Waals surface area contributed by atoms with Crippen molar-refractivity contribution in [1.29, 1.82) is 0 Å². The van der Waals surface area contributed by atoms with Crippen LogP contribution in [0.3, 0.4) is 0 Å². The number of benzene rings is 1. The van der Waals surface area contributed by atoms with E-state index in [-0.39, 0.29) is 18.4 Å². The molecule has 2 amide bonds. The van der Waals surface area contributed by atoms with Gasteiger partial charge in [0.05, 0.1) is 0 Å². The van der Waals surface area contributed by atoms with Gasteiger partial charge in [-0.05, 0) is 24.8 Å². The highest BCUT2D eigenvalue weighted by Crippen LogP contribution is 2.54. The molecule has 0 spiro atoms. The maximum absolute atomic E-state index is 12.8. The predicted molar refractivity (Wildman–Crippen MR) is 106 cm³/mol. The molecule has 7 heteroatoms. The Morgan fingerprint density at radius 1 is 1.11 bits per heavy atom. The quantitative estimate of drug-likeness (QED) is 0.724. The summed E-state index contributed by atoms with van der Waals surface area (Å²) in [4.78, 5) is 40.8. The molecule has 150 valence electrons. The first kappa shape index (κ1) is 19.3. The van der Waals surface area contributed by atoms with Crippen LogP contribution in [-0.2, 0) is 24.0 Å². The molecule has 0 bridgehead atoms. The molecule has 0 saturated carbocycles. The third-order valence-corrected chi connectivity index (χ3v) is 7.52. The summed E-state index contributed by atoms with van der Waals surface area (Å²) in [7, 11) is 0. The number of nitrogens with zero attached hydrogens (tertiary/aromatic N) is 2. The van der Waals surface area contributed by atoms with Crippen molar-refractivity contribution in [3.8, 4) is 0 Å². The van der Waals surface area contributed by atoms with Crippen molar-refractivity contribution in [1.82, 2.24) is 9.80 Å². The second-order valence-corrected chi connectivity index (χ2v) is 8.94. The zero-order valence-electron chi connectivity index (χ0n) is 16.0. The molecule has 3 heterocycles. The molecule has 0 aliphatic carbocycles. The minimum absolute atomic E-state index is 0.0188. The lowest BCUT2D eigenvalue weighted by atomic mass is 10.0. The van der Waals surface area contributed by atoms with Crippen LogP contribution in [0.25, 0.3) is 0 Å². The number of ether oxygens (including phenoxy) is 1. The van der Waals surface area contributed by atoms with E-state index in [1.54, 1.807) is 21.6 Å². The average Bonchev–Trinajstić information content (AvgIpc) is 3.13. The SMILES string of the molecule is O=C(OCC(=O)N1CCCCCC1)[C@@H]1CS[C@@]2(c3ccccc3)CCC(=O)N12. The molecule has 3 saturated heterocycles.